The number of halogens is 2. The molecule has 1 atom stereocenters. The molecule has 3 nitrogen and oxygen atoms in total. The van der Waals surface area contributed by atoms with Crippen molar-refractivity contribution in [1.29, 1.82) is 0 Å². The van der Waals surface area contributed by atoms with E-state index in [1.807, 2.05) is 6.07 Å². The lowest BCUT2D eigenvalue weighted by molar-refractivity contribution is 0.111. The molecule has 0 amide bonds. The second kappa shape index (κ2) is 10.4. The molecule has 1 fully saturated rings. The van der Waals surface area contributed by atoms with Gasteiger partial charge in [0.1, 0.15) is 5.75 Å². The van der Waals surface area contributed by atoms with E-state index >= 15 is 0 Å². The largest absolute Gasteiger partial charge is 0.492 e. The first-order chi connectivity index (χ1) is 10.6. The third-order valence-electron chi connectivity index (χ3n) is 3.96. The van der Waals surface area contributed by atoms with Crippen LogP contribution in [0.5, 0.6) is 5.75 Å². The molecule has 5 heteroatoms. The predicted molar refractivity (Wildman–Crippen MR) is 98.8 cm³/mol. The highest BCUT2D eigenvalue weighted by Crippen LogP contribution is 2.33. The summed E-state index contributed by atoms with van der Waals surface area (Å²) in [6.45, 7) is 6.33. The monoisotopic (exact) mass is 361 g/mol. The van der Waals surface area contributed by atoms with Crippen LogP contribution in [-0.4, -0.2) is 19.3 Å². The highest BCUT2D eigenvalue weighted by molar-refractivity contribution is 6.32. The van der Waals surface area contributed by atoms with Gasteiger partial charge in [0.05, 0.1) is 18.2 Å². The summed E-state index contributed by atoms with van der Waals surface area (Å²) >= 11 is 6.43. The van der Waals surface area contributed by atoms with E-state index < -0.39 is 0 Å². The van der Waals surface area contributed by atoms with Crippen LogP contribution in [0.25, 0.3) is 0 Å². The van der Waals surface area contributed by atoms with Crippen LogP contribution in [0.1, 0.15) is 50.7 Å². The molecule has 1 aromatic carbocycles. The van der Waals surface area contributed by atoms with E-state index in [1.54, 1.807) is 0 Å². The summed E-state index contributed by atoms with van der Waals surface area (Å²) in [6.07, 6.45) is 5.29. The first kappa shape index (κ1) is 20.6. The van der Waals surface area contributed by atoms with Crippen molar-refractivity contribution in [2.24, 2.45) is 11.7 Å². The zero-order valence-corrected chi connectivity index (χ0v) is 15.7. The SMILES string of the molecule is CCCOc1c(Cl)cc(COCC2CC2)cc1CC(N)CC.Cl. The topological polar surface area (TPSA) is 44.5 Å². The summed E-state index contributed by atoms with van der Waals surface area (Å²) in [7, 11) is 0. The van der Waals surface area contributed by atoms with Crippen molar-refractivity contribution in [3.63, 3.8) is 0 Å². The van der Waals surface area contributed by atoms with Crippen molar-refractivity contribution in [2.75, 3.05) is 13.2 Å². The van der Waals surface area contributed by atoms with Gasteiger partial charge in [0.2, 0.25) is 0 Å². The average molecular weight is 362 g/mol. The summed E-state index contributed by atoms with van der Waals surface area (Å²) in [4.78, 5) is 0. The molecule has 1 saturated carbocycles. The Morgan fingerprint density at radius 3 is 2.65 bits per heavy atom. The number of hydrogen-bond acceptors (Lipinski definition) is 3. The zero-order valence-electron chi connectivity index (χ0n) is 14.1. The summed E-state index contributed by atoms with van der Waals surface area (Å²) < 4.78 is 11.6. The standard InChI is InChI=1S/C18H28ClNO2.ClH/c1-3-7-22-18-15(10-16(20)4-2)8-14(9-17(18)19)12-21-11-13-5-6-13;/h8-9,13,16H,3-7,10-12,20H2,1-2H3;1H. The smallest absolute Gasteiger partial charge is 0.141 e. The molecule has 0 aromatic heterocycles. The number of rotatable bonds is 10. The first-order valence-electron chi connectivity index (χ1n) is 8.41. The van der Waals surface area contributed by atoms with Gasteiger partial charge in [-0.05, 0) is 61.3 Å². The van der Waals surface area contributed by atoms with Crippen molar-refractivity contribution in [2.45, 2.75) is 58.6 Å². The van der Waals surface area contributed by atoms with E-state index in [-0.39, 0.29) is 18.4 Å². The van der Waals surface area contributed by atoms with Crippen LogP contribution in [-0.2, 0) is 17.8 Å². The number of nitrogens with two attached hydrogens (primary N) is 1. The molecule has 0 radical (unpaired) electrons. The second-order valence-electron chi connectivity index (χ2n) is 6.25. The van der Waals surface area contributed by atoms with Crippen LogP contribution in [0, 0.1) is 5.92 Å². The van der Waals surface area contributed by atoms with E-state index in [2.05, 4.69) is 19.9 Å². The molecular formula is C18H29Cl2NO2. The predicted octanol–water partition coefficient (Wildman–Crippen LogP) is 4.76. The molecule has 1 aliphatic carbocycles. The van der Waals surface area contributed by atoms with Gasteiger partial charge in [0.15, 0.2) is 0 Å². The maximum atomic E-state index is 6.43. The molecule has 2 N–H and O–H groups in total. The molecule has 0 aliphatic heterocycles. The van der Waals surface area contributed by atoms with Crippen molar-refractivity contribution in [1.82, 2.24) is 0 Å². The normalized spacial score (nSPS) is 15.1. The minimum Gasteiger partial charge on any atom is -0.492 e. The van der Waals surface area contributed by atoms with Crippen molar-refractivity contribution in [3.05, 3.63) is 28.3 Å². The van der Waals surface area contributed by atoms with Crippen molar-refractivity contribution < 1.29 is 9.47 Å². The lowest BCUT2D eigenvalue weighted by atomic mass is 10.0. The number of hydrogen-bond donors (Lipinski definition) is 1. The van der Waals surface area contributed by atoms with E-state index in [0.29, 0.717) is 18.2 Å². The summed E-state index contributed by atoms with van der Waals surface area (Å²) in [6, 6.07) is 4.22. The number of benzene rings is 1. The first-order valence-corrected chi connectivity index (χ1v) is 8.79. The fraction of sp³-hybridized carbons (Fsp3) is 0.667. The molecule has 0 heterocycles. The fourth-order valence-electron chi connectivity index (χ4n) is 2.37. The Hall–Kier alpha value is -0.480. The summed E-state index contributed by atoms with van der Waals surface area (Å²) in [5.41, 5.74) is 8.32. The van der Waals surface area contributed by atoms with Gasteiger partial charge in [-0.15, -0.1) is 12.4 Å². The van der Waals surface area contributed by atoms with Gasteiger partial charge in [-0.1, -0.05) is 25.4 Å². The van der Waals surface area contributed by atoms with Gasteiger partial charge in [0, 0.05) is 12.6 Å². The number of ether oxygens (including phenoxy) is 2. The van der Waals surface area contributed by atoms with Gasteiger partial charge >= 0.3 is 0 Å². The van der Waals surface area contributed by atoms with Crippen LogP contribution in [0.4, 0.5) is 0 Å². The van der Waals surface area contributed by atoms with E-state index in [4.69, 9.17) is 26.8 Å². The lowest BCUT2D eigenvalue weighted by Gasteiger charge is -2.17. The Labute approximate surface area is 151 Å². The van der Waals surface area contributed by atoms with Gasteiger partial charge in [-0.25, -0.2) is 0 Å². The molecule has 1 aromatic rings. The maximum absolute atomic E-state index is 6.43. The molecule has 23 heavy (non-hydrogen) atoms. The third-order valence-corrected chi connectivity index (χ3v) is 4.24. The third kappa shape index (κ3) is 6.88. The molecule has 132 valence electrons. The minimum atomic E-state index is 0. The molecule has 0 bridgehead atoms. The highest BCUT2D eigenvalue weighted by atomic mass is 35.5. The van der Waals surface area contributed by atoms with Gasteiger partial charge < -0.3 is 15.2 Å². The van der Waals surface area contributed by atoms with Crippen LogP contribution in [0.2, 0.25) is 5.02 Å². The van der Waals surface area contributed by atoms with Gasteiger partial charge in [-0.2, -0.15) is 0 Å². The van der Waals surface area contributed by atoms with Crippen molar-refractivity contribution in [3.8, 4) is 5.75 Å². The molecule has 1 unspecified atom stereocenters. The summed E-state index contributed by atoms with van der Waals surface area (Å²) in [5.74, 6) is 1.56. The molecule has 0 saturated heterocycles. The average Bonchev–Trinajstić information content (AvgIpc) is 3.30. The molecular weight excluding hydrogens is 333 g/mol. The minimum absolute atomic E-state index is 0. The van der Waals surface area contributed by atoms with Crippen LogP contribution in [0.15, 0.2) is 12.1 Å². The zero-order chi connectivity index (χ0) is 15.9. The van der Waals surface area contributed by atoms with Crippen molar-refractivity contribution >= 4 is 24.0 Å². The Bertz CT molecular complexity index is 478. The summed E-state index contributed by atoms with van der Waals surface area (Å²) in [5, 5.41) is 0.666. The van der Waals surface area contributed by atoms with Gasteiger partial charge in [-0.3, -0.25) is 0 Å². The Morgan fingerprint density at radius 2 is 2.04 bits per heavy atom. The van der Waals surface area contributed by atoms with Crippen LogP contribution >= 0.6 is 24.0 Å². The van der Waals surface area contributed by atoms with E-state index in [9.17, 15) is 0 Å². The van der Waals surface area contributed by atoms with Crippen LogP contribution in [0.3, 0.4) is 0 Å². The Morgan fingerprint density at radius 1 is 1.30 bits per heavy atom. The Balaban J connectivity index is 0.00000264. The molecule has 0 spiro atoms. The fourth-order valence-corrected chi connectivity index (χ4v) is 2.68. The maximum Gasteiger partial charge on any atom is 0.141 e. The Kier molecular flexibility index (Phi) is 9.30. The van der Waals surface area contributed by atoms with E-state index in [0.717, 1.165) is 48.7 Å². The quantitative estimate of drug-likeness (QED) is 0.653. The van der Waals surface area contributed by atoms with E-state index in [1.165, 1.54) is 12.8 Å². The second-order valence-corrected chi connectivity index (χ2v) is 6.65. The molecule has 1 aliphatic rings. The lowest BCUT2D eigenvalue weighted by Crippen LogP contribution is -2.22. The van der Waals surface area contributed by atoms with Gasteiger partial charge in [0.25, 0.3) is 0 Å². The highest BCUT2D eigenvalue weighted by Gasteiger charge is 2.21. The molecule has 2 rings (SSSR count). The van der Waals surface area contributed by atoms with Crippen LogP contribution < -0.4 is 10.5 Å².